The van der Waals surface area contributed by atoms with Crippen LogP contribution in [0, 0.1) is 5.41 Å². The van der Waals surface area contributed by atoms with Crippen molar-refractivity contribution < 1.29 is 4.79 Å². The lowest BCUT2D eigenvalue weighted by Gasteiger charge is -2.63. The van der Waals surface area contributed by atoms with Crippen molar-refractivity contribution in [1.82, 2.24) is 20.1 Å². The summed E-state index contributed by atoms with van der Waals surface area (Å²) < 4.78 is 0. The molecule has 1 aromatic heterocycles. The molecule has 1 saturated carbocycles. The highest BCUT2D eigenvalue weighted by Crippen LogP contribution is 2.58. The van der Waals surface area contributed by atoms with Crippen LogP contribution in [0.25, 0.3) is 0 Å². The van der Waals surface area contributed by atoms with Gasteiger partial charge in [-0.1, -0.05) is 26.2 Å². The maximum Gasteiger partial charge on any atom is 0.317 e. The standard InChI is InChI=1S/C22H34N4O/c1-2-12-24-21(27)25-15-8-19(9-16-25)26-17-22(10-4-3-5-11-22)20(26)18-6-13-23-14-7-18/h6-7,13-14,19-20H,2-5,8-12,15-17H2,1H3,(H,24,27). The number of rotatable bonds is 4. The SMILES string of the molecule is CCCNC(=O)N1CCC(N2CC3(CCCCC3)C2c2ccncc2)CC1. The van der Waals surface area contributed by atoms with E-state index in [-0.39, 0.29) is 6.03 Å². The Morgan fingerprint density at radius 3 is 2.56 bits per heavy atom. The van der Waals surface area contributed by atoms with Gasteiger partial charge in [-0.05, 0) is 49.8 Å². The van der Waals surface area contributed by atoms with Gasteiger partial charge in [0.05, 0.1) is 0 Å². The van der Waals surface area contributed by atoms with Crippen LogP contribution in [0.3, 0.4) is 0 Å². The molecular weight excluding hydrogens is 336 g/mol. The highest BCUT2D eigenvalue weighted by molar-refractivity contribution is 5.74. The van der Waals surface area contributed by atoms with Gasteiger partial charge in [-0.15, -0.1) is 0 Å². The number of carbonyl (C=O) groups excluding carboxylic acids is 1. The van der Waals surface area contributed by atoms with Crippen LogP contribution in [0.5, 0.6) is 0 Å². The lowest BCUT2D eigenvalue weighted by Crippen LogP contribution is -2.64. The molecule has 5 nitrogen and oxygen atoms in total. The summed E-state index contributed by atoms with van der Waals surface area (Å²) in [5.41, 5.74) is 1.93. The number of aromatic nitrogens is 1. The summed E-state index contributed by atoms with van der Waals surface area (Å²) in [7, 11) is 0. The summed E-state index contributed by atoms with van der Waals surface area (Å²) in [4.78, 5) is 21.2. The van der Waals surface area contributed by atoms with Crippen molar-refractivity contribution in [2.75, 3.05) is 26.2 Å². The Kier molecular flexibility index (Phi) is 5.67. The topological polar surface area (TPSA) is 48.5 Å². The number of hydrogen-bond donors (Lipinski definition) is 1. The van der Waals surface area contributed by atoms with Gasteiger partial charge in [-0.2, -0.15) is 0 Å². The van der Waals surface area contributed by atoms with Crippen molar-refractivity contribution in [1.29, 1.82) is 0 Å². The fourth-order valence-electron chi connectivity index (χ4n) is 5.64. The Morgan fingerprint density at radius 1 is 1.19 bits per heavy atom. The van der Waals surface area contributed by atoms with Gasteiger partial charge in [0.2, 0.25) is 0 Å². The number of carbonyl (C=O) groups is 1. The van der Waals surface area contributed by atoms with E-state index in [9.17, 15) is 4.79 Å². The van der Waals surface area contributed by atoms with Crippen molar-refractivity contribution >= 4 is 6.03 Å². The van der Waals surface area contributed by atoms with Crippen LogP contribution in [-0.4, -0.2) is 53.0 Å². The van der Waals surface area contributed by atoms with E-state index in [0.29, 0.717) is 17.5 Å². The summed E-state index contributed by atoms with van der Waals surface area (Å²) in [6, 6.07) is 5.71. The highest BCUT2D eigenvalue weighted by atomic mass is 16.2. The lowest BCUT2D eigenvalue weighted by molar-refractivity contribution is -0.132. The molecule has 1 aliphatic carbocycles. The number of nitrogens with one attached hydrogen (secondary N) is 1. The summed E-state index contributed by atoms with van der Waals surface area (Å²) >= 11 is 0. The third kappa shape index (κ3) is 3.71. The lowest BCUT2D eigenvalue weighted by atomic mass is 9.60. The van der Waals surface area contributed by atoms with Crippen LogP contribution in [0.2, 0.25) is 0 Å². The number of nitrogens with zero attached hydrogens (tertiary/aromatic N) is 3. The molecule has 1 spiro atoms. The predicted octanol–water partition coefficient (Wildman–Crippen LogP) is 3.97. The molecule has 148 valence electrons. The van der Waals surface area contributed by atoms with Gasteiger partial charge in [0, 0.05) is 56.1 Å². The van der Waals surface area contributed by atoms with Crippen molar-refractivity contribution in [3.8, 4) is 0 Å². The van der Waals surface area contributed by atoms with Crippen LogP contribution < -0.4 is 5.32 Å². The molecule has 1 aromatic rings. The van der Waals surface area contributed by atoms with Crippen molar-refractivity contribution in [2.24, 2.45) is 5.41 Å². The van der Waals surface area contributed by atoms with Gasteiger partial charge in [0.1, 0.15) is 0 Å². The first-order chi connectivity index (χ1) is 13.2. The van der Waals surface area contributed by atoms with E-state index in [0.717, 1.165) is 38.9 Å². The highest BCUT2D eigenvalue weighted by Gasteiger charge is 2.54. The van der Waals surface area contributed by atoms with Crippen LogP contribution in [0.15, 0.2) is 24.5 Å². The average Bonchev–Trinajstić information content (AvgIpc) is 2.72. The smallest absolute Gasteiger partial charge is 0.317 e. The van der Waals surface area contributed by atoms with Gasteiger partial charge in [0.15, 0.2) is 0 Å². The van der Waals surface area contributed by atoms with Crippen molar-refractivity contribution in [3.05, 3.63) is 30.1 Å². The molecule has 3 fully saturated rings. The summed E-state index contributed by atoms with van der Waals surface area (Å²) in [6.07, 6.45) is 14.0. The molecule has 1 unspecified atom stereocenters. The summed E-state index contributed by atoms with van der Waals surface area (Å²) in [5, 5.41) is 3.02. The van der Waals surface area contributed by atoms with Gasteiger partial charge >= 0.3 is 6.03 Å². The minimum Gasteiger partial charge on any atom is -0.338 e. The Labute approximate surface area is 163 Å². The minimum absolute atomic E-state index is 0.119. The zero-order valence-electron chi connectivity index (χ0n) is 16.7. The second kappa shape index (κ2) is 8.17. The second-order valence-corrected chi connectivity index (χ2v) is 8.73. The molecule has 0 aromatic carbocycles. The zero-order chi connectivity index (χ0) is 18.7. The van der Waals surface area contributed by atoms with Gasteiger partial charge in [-0.25, -0.2) is 4.79 Å². The molecule has 1 atom stereocenters. The third-order valence-corrected chi connectivity index (χ3v) is 7.03. The van der Waals surface area contributed by atoms with Gasteiger partial charge in [-0.3, -0.25) is 9.88 Å². The maximum absolute atomic E-state index is 12.2. The van der Waals surface area contributed by atoms with Crippen LogP contribution >= 0.6 is 0 Å². The van der Waals surface area contributed by atoms with Crippen LogP contribution in [-0.2, 0) is 0 Å². The fourth-order valence-corrected chi connectivity index (χ4v) is 5.64. The second-order valence-electron chi connectivity index (χ2n) is 8.73. The predicted molar refractivity (Wildman–Crippen MR) is 107 cm³/mol. The van der Waals surface area contributed by atoms with E-state index in [1.807, 2.05) is 17.3 Å². The quantitative estimate of drug-likeness (QED) is 0.872. The zero-order valence-corrected chi connectivity index (χ0v) is 16.7. The van der Waals surface area contributed by atoms with Crippen LogP contribution in [0.4, 0.5) is 4.79 Å². The van der Waals surface area contributed by atoms with Crippen LogP contribution in [0.1, 0.15) is 69.9 Å². The first kappa shape index (κ1) is 18.7. The first-order valence-corrected chi connectivity index (χ1v) is 10.9. The molecule has 0 bridgehead atoms. The van der Waals surface area contributed by atoms with E-state index < -0.39 is 0 Å². The molecule has 2 aliphatic heterocycles. The molecule has 27 heavy (non-hydrogen) atoms. The van der Waals surface area contributed by atoms with Crippen molar-refractivity contribution in [3.63, 3.8) is 0 Å². The number of pyridine rings is 1. The van der Waals surface area contributed by atoms with E-state index in [1.165, 1.54) is 44.2 Å². The molecule has 5 heteroatoms. The molecular formula is C22H34N4O. The molecule has 1 N–H and O–H groups in total. The fraction of sp³-hybridized carbons (Fsp3) is 0.727. The number of hydrogen-bond acceptors (Lipinski definition) is 3. The van der Waals surface area contributed by atoms with E-state index in [2.05, 4.69) is 34.3 Å². The van der Waals surface area contributed by atoms with E-state index >= 15 is 0 Å². The van der Waals surface area contributed by atoms with Crippen molar-refractivity contribution in [2.45, 2.75) is 70.4 Å². The van der Waals surface area contributed by atoms with Gasteiger partial charge in [0.25, 0.3) is 0 Å². The number of urea groups is 1. The molecule has 4 rings (SSSR count). The number of amides is 2. The number of likely N-dealkylation sites (tertiary alicyclic amines) is 2. The molecule has 2 amide bonds. The number of piperidine rings is 1. The molecule has 0 radical (unpaired) electrons. The largest absolute Gasteiger partial charge is 0.338 e. The Morgan fingerprint density at radius 2 is 1.89 bits per heavy atom. The molecule has 2 saturated heterocycles. The van der Waals surface area contributed by atoms with E-state index in [1.54, 1.807) is 0 Å². The monoisotopic (exact) mass is 370 g/mol. The summed E-state index contributed by atoms with van der Waals surface area (Å²) in [6.45, 7) is 5.88. The normalized spacial score (nSPS) is 26.0. The Hall–Kier alpha value is -1.62. The first-order valence-electron chi connectivity index (χ1n) is 10.9. The maximum atomic E-state index is 12.2. The molecule has 3 aliphatic rings. The third-order valence-electron chi connectivity index (χ3n) is 7.03. The average molecular weight is 371 g/mol. The Balaban J connectivity index is 1.42. The molecule has 3 heterocycles. The van der Waals surface area contributed by atoms with Gasteiger partial charge < -0.3 is 10.2 Å². The Bertz CT molecular complexity index is 620. The summed E-state index contributed by atoms with van der Waals surface area (Å²) in [5.74, 6) is 0. The minimum atomic E-state index is 0.119. The van der Waals surface area contributed by atoms with E-state index in [4.69, 9.17) is 0 Å².